The van der Waals surface area contributed by atoms with Gasteiger partial charge in [-0.25, -0.2) is 0 Å². The van der Waals surface area contributed by atoms with E-state index in [0.29, 0.717) is 6.61 Å². The zero-order chi connectivity index (χ0) is 12.1. The number of anilines is 1. The van der Waals surface area contributed by atoms with Crippen molar-refractivity contribution >= 4 is 12.1 Å². The summed E-state index contributed by atoms with van der Waals surface area (Å²) in [5.41, 5.74) is 1.19. The van der Waals surface area contributed by atoms with Gasteiger partial charge in [0, 0.05) is 31.9 Å². The molecule has 0 unspecified atom stereocenters. The van der Waals surface area contributed by atoms with Gasteiger partial charge >= 0.3 is 0 Å². The molecule has 1 fully saturated rings. The highest BCUT2D eigenvalue weighted by Crippen LogP contribution is 2.20. The van der Waals surface area contributed by atoms with E-state index in [0.717, 1.165) is 38.3 Å². The molecule has 1 saturated heterocycles. The minimum absolute atomic E-state index is 0.692. The average molecular weight is 234 g/mol. The van der Waals surface area contributed by atoms with Gasteiger partial charge in [0.25, 0.3) is 0 Å². The van der Waals surface area contributed by atoms with Gasteiger partial charge in [-0.1, -0.05) is 0 Å². The van der Waals surface area contributed by atoms with E-state index in [9.17, 15) is 4.79 Å². The maximum absolute atomic E-state index is 10.6. The minimum atomic E-state index is 0.692. The van der Waals surface area contributed by atoms with Crippen molar-refractivity contribution in [1.82, 2.24) is 4.90 Å². The molecular weight excluding hydrogens is 216 g/mol. The topological polar surface area (TPSA) is 32.8 Å². The van der Waals surface area contributed by atoms with Crippen LogP contribution in [0.3, 0.4) is 0 Å². The number of carbonyl (C=O) groups excluding carboxylic acids is 1. The molecule has 1 heterocycles. The molecule has 1 aromatic rings. The van der Waals surface area contributed by atoms with E-state index in [1.165, 1.54) is 5.69 Å². The summed E-state index contributed by atoms with van der Waals surface area (Å²) in [7, 11) is 0. The molecule has 4 nitrogen and oxygen atoms in total. The Kier molecular flexibility index (Phi) is 3.85. The third kappa shape index (κ3) is 2.90. The predicted molar refractivity (Wildman–Crippen MR) is 67.5 cm³/mol. The second kappa shape index (κ2) is 5.57. The molecule has 0 saturated carbocycles. The van der Waals surface area contributed by atoms with Crippen LogP contribution in [0.25, 0.3) is 0 Å². The highest BCUT2D eigenvalue weighted by Gasteiger charge is 2.15. The van der Waals surface area contributed by atoms with Crippen molar-refractivity contribution in [2.24, 2.45) is 0 Å². The molecule has 2 rings (SSSR count). The Morgan fingerprint density at radius 3 is 2.35 bits per heavy atom. The lowest BCUT2D eigenvalue weighted by atomic mass is 10.2. The van der Waals surface area contributed by atoms with Crippen LogP contribution in [0.1, 0.15) is 6.92 Å². The van der Waals surface area contributed by atoms with Crippen molar-refractivity contribution in [1.29, 1.82) is 0 Å². The normalized spacial score (nSPS) is 15.8. The molecule has 0 bridgehead atoms. The Bertz CT molecular complexity index is 356. The molecule has 0 aliphatic carbocycles. The Morgan fingerprint density at radius 2 is 1.82 bits per heavy atom. The van der Waals surface area contributed by atoms with Gasteiger partial charge in [-0.15, -0.1) is 0 Å². The third-order valence-electron chi connectivity index (χ3n) is 2.98. The fourth-order valence-electron chi connectivity index (χ4n) is 2.01. The van der Waals surface area contributed by atoms with Crippen LogP contribution in [0, 0.1) is 0 Å². The maximum atomic E-state index is 10.6. The van der Waals surface area contributed by atoms with Crippen LogP contribution in [-0.2, 0) is 4.79 Å². The first-order chi connectivity index (χ1) is 8.33. The van der Waals surface area contributed by atoms with Crippen molar-refractivity contribution in [2.75, 3.05) is 37.7 Å². The van der Waals surface area contributed by atoms with Crippen LogP contribution in [0.4, 0.5) is 5.69 Å². The fourth-order valence-corrected chi connectivity index (χ4v) is 2.01. The van der Waals surface area contributed by atoms with E-state index in [-0.39, 0.29) is 0 Å². The predicted octanol–water partition coefficient (Wildman–Crippen LogP) is 1.36. The fraction of sp³-hybridized carbons (Fsp3) is 0.462. The maximum Gasteiger partial charge on any atom is 0.209 e. The number of amides is 1. The van der Waals surface area contributed by atoms with Crippen LogP contribution < -0.4 is 9.64 Å². The standard InChI is InChI=1S/C13H18N2O2/c1-2-17-13-5-3-12(4-6-13)15-9-7-14(11-16)8-10-15/h3-6,11H,2,7-10H2,1H3. The second-order valence-electron chi connectivity index (χ2n) is 4.06. The zero-order valence-electron chi connectivity index (χ0n) is 10.1. The largest absolute Gasteiger partial charge is 0.494 e. The minimum Gasteiger partial charge on any atom is -0.494 e. The highest BCUT2D eigenvalue weighted by molar-refractivity contribution is 5.52. The first kappa shape index (κ1) is 11.8. The molecule has 0 radical (unpaired) electrons. The summed E-state index contributed by atoms with van der Waals surface area (Å²) in [6.07, 6.45) is 0.926. The molecular formula is C13H18N2O2. The molecule has 0 spiro atoms. The number of hydrogen-bond donors (Lipinski definition) is 0. The van der Waals surface area contributed by atoms with Crippen LogP contribution in [-0.4, -0.2) is 44.1 Å². The summed E-state index contributed by atoms with van der Waals surface area (Å²) < 4.78 is 5.41. The smallest absolute Gasteiger partial charge is 0.209 e. The Hall–Kier alpha value is -1.71. The lowest BCUT2D eigenvalue weighted by molar-refractivity contribution is -0.118. The van der Waals surface area contributed by atoms with E-state index in [2.05, 4.69) is 17.0 Å². The molecule has 0 atom stereocenters. The zero-order valence-corrected chi connectivity index (χ0v) is 10.1. The first-order valence-electron chi connectivity index (χ1n) is 6.00. The number of benzene rings is 1. The van der Waals surface area contributed by atoms with Crippen LogP contribution in [0.2, 0.25) is 0 Å². The van der Waals surface area contributed by atoms with Gasteiger partial charge in [-0.2, -0.15) is 0 Å². The van der Waals surface area contributed by atoms with Gasteiger partial charge in [0.2, 0.25) is 6.41 Å². The molecule has 0 aromatic heterocycles. The van der Waals surface area contributed by atoms with Crippen molar-refractivity contribution in [2.45, 2.75) is 6.92 Å². The highest BCUT2D eigenvalue weighted by atomic mass is 16.5. The van der Waals surface area contributed by atoms with E-state index in [1.807, 2.05) is 24.0 Å². The number of ether oxygens (including phenoxy) is 1. The number of carbonyl (C=O) groups is 1. The van der Waals surface area contributed by atoms with E-state index in [1.54, 1.807) is 0 Å². The Balaban J connectivity index is 1.96. The number of rotatable bonds is 4. The summed E-state index contributed by atoms with van der Waals surface area (Å²) in [6, 6.07) is 8.12. The monoisotopic (exact) mass is 234 g/mol. The molecule has 1 aliphatic heterocycles. The SMILES string of the molecule is CCOc1ccc(N2CCN(C=O)CC2)cc1. The summed E-state index contributed by atoms with van der Waals surface area (Å²) in [4.78, 5) is 14.7. The van der Waals surface area contributed by atoms with Crippen LogP contribution >= 0.6 is 0 Å². The van der Waals surface area contributed by atoms with Crippen LogP contribution in [0.5, 0.6) is 5.75 Å². The van der Waals surface area contributed by atoms with Crippen molar-refractivity contribution < 1.29 is 9.53 Å². The lowest BCUT2D eigenvalue weighted by Crippen LogP contribution is -2.45. The van der Waals surface area contributed by atoms with E-state index in [4.69, 9.17) is 4.74 Å². The Morgan fingerprint density at radius 1 is 1.18 bits per heavy atom. The quantitative estimate of drug-likeness (QED) is 0.737. The van der Waals surface area contributed by atoms with Crippen molar-refractivity contribution in [3.8, 4) is 5.75 Å². The van der Waals surface area contributed by atoms with Gasteiger partial charge in [0.1, 0.15) is 5.75 Å². The lowest BCUT2D eigenvalue weighted by Gasteiger charge is -2.34. The summed E-state index contributed by atoms with van der Waals surface area (Å²) in [5.74, 6) is 0.905. The number of nitrogens with zero attached hydrogens (tertiary/aromatic N) is 2. The molecule has 17 heavy (non-hydrogen) atoms. The molecule has 1 aromatic carbocycles. The van der Waals surface area contributed by atoms with Crippen molar-refractivity contribution in [3.63, 3.8) is 0 Å². The van der Waals surface area contributed by atoms with Crippen LogP contribution in [0.15, 0.2) is 24.3 Å². The number of piperazine rings is 1. The van der Waals surface area contributed by atoms with E-state index >= 15 is 0 Å². The molecule has 1 aliphatic rings. The van der Waals surface area contributed by atoms with E-state index < -0.39 is 0 Å². The summed E-state index contributed by atoms with van der Waals surface area (Å²) in [6.45, 7) is 6.07. The molecule has 0 N–H and O–H groups in total. The molecule has 92 valence electrons. The third-order valence-corrected chi connectivity index (χ3v) is 2.98. The van der Waals surface area contributed by atoms with Gasteiger partial charge in [-0.05, 0) is 31.2 Å². The van der Waals surface area contributed by atoms with Gasteiger partial charge in [-0.3, -0.25) is 4.79 Å². The molecule has 1 amide bonds. The summed E-state index contributed by atoms with van der Waals surface area (Å²) in [5, 5.41) is 0. The molecule has 4 heteroatoms. The summed E-state index contributed by atoms with van der Waals surface area (Å²) >= 11 is 0. The van der Waals surface area contributed by atoms with Crippen molar-refractivity contribution in [3.05, 3.63) is 24.3 Å². The average Bonchev–Trinajstić information content (AvgIpc) is 2.40. The Labute approximate surface area is 102 Å². The first-order valence-corrected chi connectivity index (χ1v) is 6.00. The van der Waals surface area contributed by atoms with Gasteiger partial charge < -0.3 is 14.5 Å². The van der Waals surface area contributed by atoms with Gasteiger partial charge in [0.15, 0.2) is 0 Å². The van der Waals surface area contributed by atoms with Gasteiger partial charge in [0.05, 0.1) is 6.61 Å². The second-order valence-corrected chi connectivity index (χ2v) is 4.06. The number of hydrogen-bond acceptors (Lipinski definition) is 3.